The van der Waals surface area contributed by atoms with Gasteiger partial charge < -0.3 is 19.7 Å². The zero-order valence-corrected chi connectivity index (χ0v) is 21.9. The van der Waals surface area contributed by atoms with E-state index in [4.69, 9.17) is 13.8 Å². The van der Waals surface area contributed by atoms with Crippen LogP contribution in [-0.4, -0.2) is 61.2 Å². The highest BCUT2D eigenvalue weighted by molar-refractivity contribution is 7.13. The van der Waals surface area contributed by atoms with E-state index in [1.165, 1.54) is 35.8 Å². The molecule has 2 aromatic carbocycles. The van der Waals surface area contributed by atoms with Crippen molar-refractivity contribution in [2.75, 3.05) is 51.0 Å². The molecular formula is C29H34N4O3S. The van der Waals surface area contributed by atoms with Gasteiger partial charge in [-0.2, -0.15) is 4.37 Å². The van der Waals surface area contributed by atoms with E-state index in [0.717, 1.165) is 62.1 Å². The Bertz CT molecular complexity index is 1270. The van der Waals surface area contributed by atoms with Crippen molar-refractivity contribution in [3.8, 4) is 11.5 Å². The Labute approximate surface area is 222 Å². The summed E-state index contributed by atoms with van der Waals surface area (Å²) in [6.07, 6.45) is 8.46. The quantitative estimate of drug-likeness (QED) is 0.454. The molecule has 1 amide bonds. The number of hydrogen-bond acceptors (Lipinski definition) is 7. The predicted molar refractivity (Wildman–Crippen MR) is 148 cm³/mol. The molecule has 194 valence electrons. The third kappa shape index (κ3) is 5.60. The summed E-state index contributed by atoms with van der Waals surface area (Å²) in [4.78, 5) is 17.6. The normalized spacial score (nSPS) is 22.1. The number of ether oxygens (including phenoxy) is 2. The lowest BCUT2D eigenvalue weighted by atomic mass is 9.78. The van der Waals surface area contributed by atoms with Crippen LogP contribution in [0, 0.1) is 11.8 Å². The van der Waals surface area contributed by atoms with Crippen LogP contribution >= 0.6 is 11.5 Å². The van der Waals surface area contributed by atoms with E-state index < -0.39 is 0 Å². The molecular weight excluding hydrogens is 484 g/mol. The monoisotopic (exact) mass is 518 g/mol. The third-order valence-corrected chi connectivity index (χ3v) is 8.77. The highest BCUT2D eigenvalue weighted by atomic mass is 32.1. The Morgan fingerprint density at radius 3 is 2.73 bits per heavy atom. The second-order valence-electron chi connectivity index (χ2n) is 10.3. The van der Waals surface area contributed by atoms with E-state index in [1.54, 1.807) is 17.6 Å². The standard InChI is InChI=1S/C29H34N4O3S/c34-28(12-10-21-9-11-25-26(17-21)36-20-35-25)30-18-22-5-1-2-6-23(22)19-32-13-15-33(16-14-32)29-24-7-3-4-8-27(24)37-31-29/h3-4,7-12,17,22-23H,1-2,5-6,13-16,18-20H2,(H,30,34)/t22-,23+/m1/s1. The van der Waals surface area contributed by atoms with Gasteiger partial charge in [-0.15, -0.1) is 0 Å². The summed E-state index contributed by atoms with van der Waals surface area (Å²) in [5, 5.41) is 4.44. The minimum absolute atomic E-state index is 0.0360. The van der Waals surface area contributed by atoms with Crippen molar-refractivity contribution < 1.29 is 14.3 Å². The van der Waals surface area contributed by atoms with Gasteiger partial charge in [-0.3, -0.25) is 9.69 Å². The summed E-state index contributed by atoms with van der Waals surface area (Å²) in [5.74, 6) is 3.77. The fourth-order valence-electron chi connectivity index (χ4n) is 5.85. The van der Waals surface area contributed by atoms with Crippen LogP contribution in [0.2, 0.25) is 0 Å². The number of piperazine rings is 1. The summed E-state index contributed by atoms with van der Waals surface area (Å²) in [7, 11) is 0. The molecule has 1 N–H and O–H groups in total. The van der Waals surface area contributed by atoms with E-state index >= 15 is 0 Å². The molecule has 0 bridgehead atoms. The average molecular weight is 519 g/mol. The van der Waals surface area contributed by atoms with E-state index in [0.29, 0.717) is 11.8 Å². The van der Waals surface area contributed by atoms with Crippen molar-refractivity contribution in [1.29, 1.82) is 0 Å². The van der Waals surface area contributed by atoms with Gasteiger partial charge in [0.05, 0.1) is 4.70 Å². The molecule has 0 spiro atoms. The second-order valence-corrected chi connectivity index (χ2v) is 11.1. The number of carbonyl (C=O) groups excluding carboxylic acids is 1. The van der Waals surface area contributed by atoms with E-state index in [2.05, 4.69) is 39.4 Å². The second kappa shape index (κ2) is 11.1. The average Bonchev–Trinajstić information content (AvgIpc) is 3.59. The van der Waals surface area contributed by atoms with Gasteiger partial charge in [-0.25, -0.2) is 0 Å². The lowest BCUT2D eigenvalue weighted by Crippen LogP contribution is -2.49. The summed E-state index contributed by atoms with van der Waals surface area (Å²) < 4.78 is 16.8. The molecule has 1 aliphatic carbocycles. The zero-order valence-electron chi connectivity index (χ0n) is 21.1. The maximum atomic E-state index is 12.6. The van der Waals surface area contributed by atoms with Crippen LogP contribution in [-0.2, 0) is 4.79 Å². The lowest BCUT2D eigenvalue weighted by molar-refractivity contribution is -0.116. The van der Waals surface area contributed by atoms with Crippen molar-refractivity contribution in [1.82, 2.24) is 14.6 Å². The molecule has 0 radical (unpaired) electrons. The Balaban J connectivity index is 0.989. The minimum Gasteiger partial charge on any atom is -0.454 e. The molecule has 1 saturated carbocycles. The predicted octanol–water partition coefficient (Wildman–Crippen LogP) is 4.78. The van der Waals surface area contributed by atoms with Gasteiger partial charge in [0.2, 0.25) is 12.7 Å². The molecule has 3 aromatic rings. The van der Waals surface area contributed by atoms with Gasteiger partial charge >= 0.3 is 0 Å². The largest absolute Gasteiger partial charge is 0.454 e. The molecule has 0 unspecified atom stereocenters. The summed E-state index contributed by atoms with van der Waals surface area (Å²) in [5.41, 5.74) is 0.930. The van der Waals surface area contributed by atoms with E-state index in [9.17, 15) is 4.79 Å². The van der Waals surface area contributed by atoms with Crippen molar-refractivity contribution in [2.24, 2.45) is 11.8 Å². The van der Waals surface area contributed by atoms with E-state index in [1.807, 2.05) is 24.3 Å². The SMILES string of the molecule is O=C(C=Cc1ccc2c(c1)OCO2)NC[C@H]1CCCC[C@H]1CN1CCN(c2nsc3ccccc23)CC1. The van der Waals surface area contributed by atoms with Crippen molar-refractivity contribution >= 4 is 39.4 Å². The highest BCUT2D eigenvalue weighted by Gasteiger charge is 2.29. The summed E-state index contributed by atoms with van der Waals surface area (Å²) in [6, 6.07) is 14.2. The molecule has 3 heterocycles. The van der Waals surface area contributed by atoms with Crippen LogP contribution in [0.4, 0.5) is 5.82 Å². The van der Waals surface area contributed by atoms with Gasteiger partial charge in [-0.1, -0.05) is 31.0 Å². The van der Waals surface area contributed by atoms with Crippen molar-refractivity contribution in [3.63, 3.8) is 0 Å². The number of amides is 1. The maximum Gasteiger partial charge on any atom is 0.244 e. The Hall–Kier alpha value is -3.10. The van der Waals surface area contributed by atoms with Crippen molar-refractivity contribution in [3.05, 3.63) is 54.1 Å². The number of hydrogen-bond donors (Lipinski definition) is 1. The third-order valence-electron chi connectivity index (χ3n) is 7.95. The first-order chi connectivity index (χ1) is 18.2. The van der Waals surface area contributed by atoms with Crippen LogP contribution < -0.4 is 19.7 Å². The number of fused-ring (bicyclic) bond motifs is 2. The molecule has 2 fully saturated rings. The molecule has 37 heavy (non-hydrogen) atoms. The van der Waals surface area contributed by atoms with Gasteiger partial charge in [0.1, 0.15) is 5.82 Å². The Kier molecular flexibility index (Phi) is 7.28. The first-order valence-electron chi connectivity index (χ1n) is 13.4. The molecule has 3 aliphatic rings. The number of benzene rings is 2. The topological polar surface area (TPSA) is 66.9 Å². The van der Waals surface area contributed by atoms with Crippen LogP contribution in [0.3, 0.4) is 0 Å². The van der Waals surface area contributed by atoms with Gasteiger partial charge in [0.15, 0.2) is 11.5 Å². The number of nitrogens with zero attached hydrogens (tertiary/aromatic N) is 3. The number of aromatic nitrogens is 1. The van der Waals surface area contributed by atoms with Gasteiger partial charge in [0.25, 0.3) is 0 Å². The van der Waals surface area contributed by atoms with E-state index in [-0.39, 0.29) is 12.7 Å². The number of anilines is 1. The molecule has 6 rings (SSSR count). The fourth-order valence-corrected chi connectivity index (χ4v) is 6.64. The number of carbonyl (C=O) groups is 1. The van der Waals surface area contributed by atoms with Crippen LogP contribution in [0.1, 0.15) is 31.2 Å². The fraction of sp³-hybridized carbons (Fsp3) is 0.448. The van der Waals surface area contributed by atoms with Crippen LogP contribution in [0.15, 0.2) is 48.5 Å². The Morgan fingerprint density at radius 2 is 1.84 bits per heavy atom. The number of rotatable bonds is 7. The molecule has 2 atom stereocenters. The van der Waals surface area contributed by atoms with Gasteiger partial charge in [0, 0.05) is 50.7 Å². The minimum atomic E-state index is -0.0360. The first-order valence-corrected chi connectivity index (χ1v) is 14.2. The summed E-state index contributed by atoms with van der Waals surface area (Å²) in [6.45, 7) is 6.31. The Morgan fingerprint density at radius 1 is 1.03 bits per heavy atom. The molecule has 1 aromatic heterocycles. The molecule has 8 heteroatoms. The molecule has 1 saturated heterocycles. The molecule has 7 nitrogen and oxygen atoms in total. The lowest BCUT2D eigenvalue weighted by Gasteiger charge is -2.40. The van der Waals surface area contributed by atoms with Gasteiger partial charge in [-0.05, 0) is 72.1 Å². The van der Waals surface area contributed by atoms with Crippen LogP contribution in [0.25, 0.3) is 16.2 Å². The highest BCUT2D eigenvalue weighted by Crippen LogP contribution is 2.34. The van der Waals surface area contributed by atoms with Crippen molar-refractivity contribution in [2.45, 2.75) is 25.7 Å². The smallest absolute Gasteiger partial charge is 0.244 e. The number of nitrogens with one attached hydrogen (secondary N) is 1. The van der Waals surface area contributed by atoms with Crippen LogP contribution in [0.5, 0.6) is 11.5 Å². The molecule has 2 aliphatic heterocycles. The maximum absolute atomic E-state index is 12.6. The summed E-state index contributed by atoms with van der Waals surface area (Å²) >= 11 is 1.60. The first kappa shape index (κ1) is 24.2. The zero-order chi connectivity index (χ0) is 25.0.